The molecular formula is C19H17BrCl2N4OS. The van der Waals surface area contributed by atoms with Gasteiger partial charge in [0.1, 0.15) is 0 Å². The maximum atomic E-state index is 12.5. The zero-order valence-electron chi connectivity index (χ0n) is 15.0. The maximum Gasteiger partial charge on any atom is 0.253 e. The quantitative estimate of drug-likeness (QED) is 0.419. The van der Waals surface area contributed by atoms with Crippen LogP contribution in [0.3, 0.4) is 0 Å². The van der Waals surface area contributed by atoms with Gasteiger partial charge >= 0.3 is 0 Å². The van der Waals surface area contributed by atoms with Gasteiger partial charge in [0.05, 0.1) is 17.1 Å². The molecular weight excluding hydrogens is 483 g/mol. The topological polar surface area (TPSA) is 59.8 Å². The normalized spacial score (nSPS) is 10.9. The summed E-state index contributed by atoms with van der Waals surface area (Å²) in [5.74, 6) is 1.27. The van der Waals surface area contributed by atoms with Crippen LogP contribution in [0.2, 0.25) is 10.0 Å². The number of nitrogens with zero attached hydrogens (tertiary/aromatic N) is 3. The number of hydrogen-bond donors (Lipinski definition) is 1. The highest BCUT2D eigenvalue weighted by Gasteiger charge is 2.16. The van der Waals surface area contributed by atoms with Gasteiger partial charge in [0.2, 0.25) is 0 Å². The van der Waals surface area contributed by atoms with E-state index in [1.165, 1.54) is 0 Å². The minimum Gasteiger partial charge on any atom is -0.345 e. The number of aromatic nitrogens is 3. The average Bonchev–Trinajstić information content (AvgIpc) is 3.08. The Morgan fingerprint density at radius 2 is 1.93 bits per heavy atom. The fourth-order valence-corrected chi connectivity index (χ4v) is 4.06. The first-order chi connectivity index (χ1) is 13.5. The molecule has 0 fully saturated rings. The number of thioether (sulfide) groups is 1. The van der Waals surface area contributed by atoms with E-state index < -0.39 is 0 Å². The first-order valence-corrected chi connectivity index (χ1v) is 11.1. The number of halogens is 3. The zero-order valence-corrected chi connectivity index (χ0v) is 18.9. The lowest BCUT2D eigenvalue weighted by atomic mass is 10.2. The van der Waals surface area contributed by atoms with Gasteiger partial charge in [-0.3, -0.25) is 9.36 Å². The Morgan fingerprint density at radius 1 is 1.18 bits per heavy atom. The van der Waals surface area contributed by atoms with E-state index in [9.17, 15) is 4.79 Å². The molecule has 3 rings (SSSR count). The summed E-state index contributed by atoms with van der Waals surface area (Å²) in [5.41, 5.74) is 1.29. The number of benzene rings is 2. The van der Waals surface area contributed by atoms with Gasteiger partial charge in [0, 0.05) is 20.9 Å². The van der Waals surface area contributed by atoms with Crippen LogP contribution in [0, 0.1) is 0 Å². The van der Waals surface area contributed by atoms with Crippen LogP contribution in [0.1, 0.15) is 29.5 Å². The molecule has 3 aromatic rings. The molecule has 5 nitrogen and oxygen atoms in total. The summed E-state index contributed by atoms with van der Waals surface area (Å²) in [6, 6.07) is 12.6. The van der Waals surface area contributed by atoms with E-state index in [1.54, 1.807) is 30.0 Å². The minimum absolute atomic E-state index is 0.216. The van der Waals surface area contributed by atoms with E-state index in [1.807, 2.05) is 28.8 Å². The van der Waals surface area contributed by atoms with Crippen molar-refractivity contribution in [2.45, 2.75) is 25.0 Å². The Bertz CT molecular complexity index is 979. The molecule has 28 heavy (non-hydrogen) atoms. The molecule has 0 aliphatic rings. The third-order valence-electron chi connectivity index (χ3n) is 3.80. The lowest BCUT2D eigenvalue weighted by molar-refractivity contribution is 0.0950. The van der Waals surface area contributed by atoms with E-state index >= 15 is 0 Å². The largest absolute Gasteiger partial charge is 0.345 e. The van der Waals surface area contributed by atoms with Crippen LogP contribution in [-0.2, 0) is 6.54 Å². The molecule has 0 aliphatic heterocycles. The standard InChI is InChI=1S/C19H17BrCl2N4OS/c1-2-9-28-19-25-24-17(26(19)14-6-3-12(20)4-7-14)11-23-18(27)15-8-5-13(21)10-16(15)22/h3-8,10H,2,9,11H2,1H3,(H,23,27). The highest BCUT2D eigenvalue weighted by atomic mass is 79.9. The van der Waals surface area contributed by atoms with Crippen molar-refractivity contribution >= 4 is 56.8 Å². The lowest BCUT2D eigenvalue weighted by Gasteiger charge is -2.11. The predicted octanol–water partition coefficient (Wildman–Crippen LogP) is 5.77. The van der Waals surface area contributed by atoms with Gasteiger partial charge in [-0.2, -0.15) is 0 Å². The highest BCUT2D eigenvalue weighted by Crippen LogP contribution is 2.24. The van der Waals surface area contributed by atoms with Crippen molar-refractivity contribution in [3.8, 4) is 5.69 Å². The number of amides is 1. The van der Waals surface area contributed by atoms with Crippen molar-refractivity contribution in [1.82, 2.24) is 20.1 Å². The van der Waals surface area contributed by atoms with Crippen LogP contribution in [0.25, 0.3) is 5.69 Å². The minimum atomic E-state index is -0.296. The zero-order chi connectivity index (χ0) is 20.1. The number of rotatable bonds is 7. The Labute approximate surface area is 186 Å². The smallest absolute Gasteiger partial charge is 0.253 e. The molecule has 1 heterocycles. The Hall–Kier alpha value is -1.54. The molecule has 2 aromatic carbocycles. The van der Waals surface area contributed by atoms with Crippen LogP contribution in [0.4, 0.5) is 0 Å². The molecule has 0 radical (unpaired) electrons. The van der Waals surface area contributed by atoms with Crippen LogP contribution in [0.15, 0.2) is 52.1 Å². The van der Waals surface area contributed by atoms with Gasteiger partial charge in [-0.05, 0) is 48.9 Å². The number of nitrogens with one attached hydrogen (secondary N) is 1. The second kappa shape index (κ2) is 9.78. The van der Waals surface area contributed by atoms with E-state index in [0.717, 1.165) is 27.5 Å². The monoisotopic (exact) mass is 498 g/mol. The Kier molecular flexibility index (Phi) is 7.40. The first kappa shape index (κ1) is 21.2. The molecule has 0 saturated heterocycles. The SMILES string of the molecule is CCCSc1nnc(CNC(=O)c2ccc(Cl)cc2Cl)n1-c1ccc(Br)cc1. The van der Waals surface area contributed by atoms with Crippen molar-refractivity contribution in [2.75, 3.05) is 5.75 Å². The molecule has 0 unspecified atom stereocenters. The Balaban J connectivity index is 1.84. The van der Waals surface area contributed by atoms with Crippen LogP contribution in [-0.4, -0.2) is 26.4 Å². The average molecular weight is 500 g/mol. The second-order valence-electron chi connectivity index (χ2n) is 5.87. The number of carbonyl (C=O) groups excluding carboxylic acids is 1. The van der Waals surface area contributed by atoms with E-state index in [4.69, 9.17) is 23.2 Å². The van der Waals surface area contributed by atoms with Crippen molar-refractivity contribution in [3.63, 3.8) is 0 Å². The molecule has 0 atom stereocenters. The predicted molar refractivity (Wildman–Crippen MR) is 118 cm³/mol. The fourth-order valence-electron chi connectivity index (χ4n) is 2.48. The second-order valence-corrected chi connectivity index (χ2v) is 8.69. The van der Waals surface area contributed by atoms with Gasteiger partial charge in [0.15, 0.2) is 11.0 Å². The summed E-state index contributed by atoms with van der Waals surface area (Å²) >= 11 is 17.1. The van der Waals surface area contributed by atoms with E-state index in [-0.39, 0.29) is 12.5 Å². The molecule has 0 spiro atoms. The third-order valence-corrected chi connectivity index (χ3v) is 6.01. The fraction of sp³-hybridized carbons (Fsp3) is 0.211. The molecule has 1 N–H and O–H groups in total. The van der Waals surface area contributed by atoms with Gasteiger partial charge in [-0.25, -0.2) is 0 Å². The summed E-state index contributed by atoms with van der Waals surface area (Å²) in [7, 11) is 0. The van der Waals surface area contributed by atoms with Gasteiger partial charge in [-0.1, -0.05) is 57.8 Å². The van der Waals surface area contributed by atoms with E-state index in [0.29, 0.717) is 21.4 Å². The highest BCUT2D eigenvalue weighted by molar-refractivity contribution is 9.10. The molecule has 1 aromatic heterocycles. The lowest BCUT2D eigenvalue weighted by Crippen LogP contribution is -2.25. The molecule has 1 amide bonds. The molecule has 0 saturated carbocycles. The molecule has 9 heteroatoms. The van der Waals surface area contributed by atoms with Gasteiger partial charge in [0.25, 0.3) is 5.91 Å². The number of carbonyl (C=O) groups is 1. The van der Waals surface area contributed by atoms with E-state index in [2.05, 4.69) is 38.4 Å². The Morgan fingerprint density at radius 3 is 2.61 bits per heavy atom. The summed E-state index contributed by atoms with van der Waals surface area (Å²) in [5, 5.41) is 13.0. The molecule has 0 aliphatic carbocycles. The van der Waals surface area contributed by atoms with Crippen molar-refractivity contribution < 1.29 is 4.79 Å². The van der Waals surface area contributed by atoms with Crippen LogP contribution < -0.4 is 5.32 Å². The van der Waals surface area contributed by atoms with Gasteiger partial charge in [-0.15, -0.1) is 10.2 Å². The van der Waals surface area contributed by atoms with Crippen molar-refractivity contribution in [2.24, 2.45) is 0 Å². The summed E-state index contributed by atoms with van der Waals surface area (Å²) in [6.45, 7) is 2.33. The number of hydrogen-bond acceptors (Lipinski definition) is 4. The van der Waals surface area contributed by atoms with Crippen molar-refractivity contribution in [1.29, 1.82) is 0 Å². The van der Waals surface area contributed by atoms with Gasteiger partial charge < -0.3 is 5.32 Å². The summed E-state index contributed by atoms with van der Waals surface area (Å²) in [4.78, 5) is 12.5. The maximum absolute atomic E-state index is 12.5. The van der Waals surface area contributed by atoms with Crippen LogP contribution >= 0.6 is 50.9 Å². The van der Waals surface area contributed by atoms with Crippen molar-refractivity contribution in [3.05, 3.63) is 68.4 Å². The summed E-state index contributed by atoms with van der Waals surface area (Å²) in [6.07, 6.45) is 1.03. The first-order valence-electron chi connectivity index (χ1n) is 8.56. The molecule has 146 valence electrons. The summed E-state index contributed by atoms with van der Waals surface area (Å²) < 4.78 is 2.94. The van der Waals surface area contributed by atoms with Crippen LogP contribution in [0.5, 0.6) is 0 Å². The molecule has 0 bridgehead atoms. The third kappa shape index (κ3) is 5.08.